The second-order valence-electron chi connectivity index (χ2n) is 11.3. The molecule has 2 unspecified atom stereocenters. The third-order valence-electron chi connectivity index (χ3n) is 8.80. The van der Waals surface area contributed by atoms with Crippen LogP contribution in [0.25, 0.3) is 0 Å². The summed E-state index contributed by atoms with van der Waals surface area (Å²) < 4.78 is 44.3. The van der Waals surface area contributed by atoms with Gasteiger partial charge in [0.2, 0.25) is 5.91 Å². The monoisotopic (exact) mass is 496 g/mol. The van der Waals surface area contributed by atoms with Gasteiger partial charge in [-0.25, -0.2) is 0 Å². The molecule has 4 atom stereocenters. The summed E-state index contributed by atoms with van der Waals surface area (Å²) >= 11 is 0. The lowest BCUT2D eigenvalue weighted by molar-refractivity contribution is -0.149. The fourth-order valence-corrected chi connectivity index (χ4v) is 6.27. The number of carbonyl (C=O) groups is 1. The van der Waals surface area contributed by atoms with Gasteiger partial charge in [0.05, 0.1) is 23.2 Å². The molecule has 1 aromatic rings. The molecular weight excluding hydrogens is 457 g/mol. The second-order valence-corrected chi connectivity index (χ2v) is 11.3. The van der Waals surface area contributed by atoms with Gasteiger partial charge in [0.25, 0.3) is 0 Å². The summed E-state index contributed by atoms with van der Waals surface area (Å²) in [7, 11) is 0. The molecule has 1 amide bonds. The van der Waals surface area contributed by atoms with Crippen LogP contribution in [0.5, 0.6) is 0 Å². The number of aliphatic hydroxyl groups is 1. The van der Waals surface area contributed by atoms with E-state index in [-0.39, 0.29) is 11.8 Å². The first kappa shape index (κ1) is 26.4. The lowest BCUT2D eigenvalue weighted by Crippen LogP contribution is -2.52. The summed E-state index contributed by atoms with van der Waals surface area (Å²) in [5.41, 5.74) is -1.89. The number of hydrogen-bond acceptors (Lipinski definition) is 4. The van der Waals surface area contributed by atoms with Gasteiger partial charge in [-0.1, -0.05) is 32.9 Å². The highest BCUT2D eigenvalue weighted by atomic mass is 19.4. The molecule has 0 radical (unpaired) electrons. The molecule has 4 rings (SSSR count). The first-order chi connectivity index (χ1) is 16.4. The van der Waals surface area contributed by atoms with Crippen LogP contribution >= 0.6 is 0 Å². The van der Waals surface area contributed by atoms with Gasteiger partial charge < -0.3 is 20.1 Å². The zero-order valence-electron chi connectivity index (χ0n) is 21.0. The Morgan fingerprint density at radius 1 is 1.14 bits per heavy atom. The summed E-state index contributed by atoms with van der Waals surface area (Å²) in [5.74, 6) is 0.814. The molecule has 3 aliphatic rings. The molecule has 2 N–H and O–H groups in total. The van der Waals surface area contributed by atoms with E-state index in [0.717, 1.165) is 51.0 Å². The number of likely N-dealkylation sites (tertiary alicyclic amines) is 1. The predicted molar refractivity (Wildman–Crippen MR) is 128 cm³/mol. The van der Waals surface area contributed by atoms with E-state index in [9.17, 15) is 23.1 Å². The van der Waals surface area contributed by atoms with Crippen LogP contribution in [0.3, 0.4) is 0 Å². The average Bonchev–Trinajstić information content (AvgIpc) is 3.25. The smallest absolute Gasteiger partial charge is 0.385 e. The molecule has 2 saturated heterocycles. The van der Waals surface area contributed by atoms with Crippen LogP contribution in [0.4, 0.5) is 13.2 Å². The molecule has 0 aromatic heterocycles. The number of piperidine rings is 1. The van der Waals surface area contributed by atoms with Crippen molar-refractivity contribution >= 4 is 5.91 Å². The van der Waals surface area contributed by atoms with E-state index in [1.807, 2.05) is 4.90 Å². The number of carbonyl (C=O) groups excluding carboxylic acids is 1. The average molecular weight is 497 g/mol. The highest BCUT2D eigenvalue weighted by molar-refractivity contribution is 5.83. The molecule has 2 aliphatic heterocycles. The van der Waals surface area contributed by atoms with Crippen molar-refractivity contribution in [2.45, 2.75) is 83.2 Å². The zero-order chi connectivity index (χ0) is 25.4. The van der Waals surface area contributed by atoms with Gasteiger partial charge in [-0.05, 0) is 68.1 Å². The van der Waals surface area contributed by atoms with Gasteiger partial charge in [-0.3, -0.25) is 4.79 Å². The molecule has 0 bridgehead atoms. The summed E-state index contributed by atoms with van der Waals surface area (Å²) in [5, 5.41) is 15.0. The molecule has 35 heavy (non-hydrogen) atoms. The van der Waals surface area contributed by atoms with Crippen LogP contribution in [-0.2, 0) is 21.3 Å². The molecular formula is C27H39F3N2O3. The van der Waals surface area contributed by atoms with E-state index in [2.05, 4.69) is 26.1 Å². The minimum atomic E-state index is -4.40. The normalized spacial score (nSPS) is 31.7. The fourth-order valence-electron chi connectivity index (χ4n) is 6.27. The Kier molecular flexibility index (Phi) is 7.56. The minimum absolute atomic E-state index is 0.159. The number of hydrogen-bond donors (Lipinski definition) is 2. The Morgan fingerprint density at radius 2 is 1.80 bits per heavy atom. The molecule has 1 saturated carbocycles. The third-order valence-corrected chi connectivity index (χ3v) is 8.80. The first-order valence-electron chi connectivity index (χ1n) is 13.0. The topological polar surface area (TPSA) is 61.8 Å². The number of nitrogens with one attached hydrogen (secondary N) is 1. The quantitative estimate of drug-likeness (QED) is 0.619. The lowest BCUT2D eigenvalue weighted by Gasteiger charge is -2.43. The van der Waals surface area contributed by atoms with Gasteiger partial charge in [-0.2, -0.15) is 13.2 Å². The third kappa shape index (κ3) is 5.39. The fraction of sp³-hybridized carbons (Fsp3) is 0.741. The predicted octanol–water partition coefficient (Wildman–Crippen LogP) is 4.72. The first-order valence-corrected chi connectivity index (χ1v) is 13.0. The van der Waals surface area contributed by atoms with Gasteiger partial charge in [-0.15, -0.1) is 0 Å². The van der Waals surface area contributed by atoms with Gasteiger partial charge in [0.1, 0.15) is 0 Å². The van der Waals surface area contributed by atoms with Crippen LogP contribution < -0.4 is 5.32 Å². The van der Waals surface area contributed by atoms with Crippen LogP contribution in [0.2, 0.25) is 0 Å². The number of rotatable bonds is 5. The van der Waals surface area contributed by atoms with E-state index in [4.69, 9.17) is 4.74 Å². The van der Waals surface area contributed by atoms with Crippen molar-refractivity contribution in [2.75, 3.05) is 26.3 Å². The maximum atomic E-state index is 13.8. The van der Waals surface area contributed by atoms with E-state index in [1.54, 1.807) is 0 Å². The van der Waals surface area contributed by atoms with Crippen molar-refractivity contribution < 1.29 is 27.8 Å². The van der Waals surface area contributed by atoms with Crippen molar-refractivity contribution in [2.24, 2.45) is 17.3 Å². The molecule has 2 heterocycles. The van der Waals surface area contributed by atoms with E-state index >= 15 is 0 Å². The number of nitrogens with zero attached hydrogens (tertiary/aromatic N) is 1. The Bertz CT molecular complexity index is 881. The minimum Gasteiger partial charge on any atom is -0.385 e. The Hall–Kier alpha value is -1.64. The number of benzene rings is 1. The molecule has 5 nitrogen and oxygen atoms in total. The van der Waals surface area contributed by atoms with Gasteiger partial charge in [0, 0.05) is 31.8 Å². The van der Waals surface area contributed by atoms with Crippen LogP contribution in [0.15, 0.2) is 24.3 Å². The SMILES string of the molecule is CC1COCCC1N[C@H]1CC[C@](C(=O)N2CCC(O)(c3ccc(C(F)(F)F)cc3)CC2)(C(C)C)C1. The van der Waals surface area contributed by atoms with Crippen molar-refractivity contribution in [3.63, 3.8) is 0 Å². The Morgan fingerprint density at radius 3 is 2.37 bits per heavy atom. The second kappa shape index (κ2) is 10.0. The molecule has 196 valence electrons. The highest BCUT2D eigenvalue weighted by Crippen LogP contribution is 2.47. The number of halogens is 3. The standard InChI is InChI=1S/C27H39F3N2O3/c1-18(2)25(10-8-22(16-25)31-23-9-15-35-17-19(23)3)24(33)32-13-11-26(34,12-14-32)20-4-6-21(7-5-20)27(28,29)30/h4-7,18-19,22-23,31,34H,8-17H2,1-3H3/t19?,22-,23?,25+/m0/s1. The van der Waals surface area contributed by atoms with Crippen LogP contribution in [0, 0.1) is 17.3 Å². The van der Waals surface area contributed by atoms with Crippen molar-refractivity contribution in [3.8, 4) is 0 Å². The van der Waals surface area contributed by atoms with E-state index in [1.165, 1.54) is 12.1 Å². The molecule has 8 heteroatoms. The lowest BCUT2D eigenvalue weighted by atomic mass is 9.73. The van der Waals surface area contributed by atoms with Crippen molar-refractivity contribution in [3.05, 3.63) is 35.4 Å². The largest absolute Gasteiger partial charge is 0.416 e. The van der Waals surface area contributed by atoms with Gasteiger partial charge in [0.15, 0.2) is 0 Å². The maximum absolute atomic E-state index is 13.8. The molecule has 3 fully saturated rings. The molecule has 1 aromatic carbocycles. The zero-order valence-corrected chi connectivity index (χ0v) is 21.0. The molecule has 0 spiro atoms. The number of ether oxygens (including phenoxy) is 1. The number of alkyl halides is 3. The Balaban J connectivity index is 1.39. The van der Waals surface area contributed by atoms with Crippen molar-refractivity contribution in [1.29, 1.82) is 0 Å². The summed E-state index contributed by atoms with van der Waals surface area (Å²) in [4.78, 5) is 15.7. The maximum Gasteiger partial charge on any atom is 0.416 e. The van der Waals surface area contributed by atoms with Gasteiger partial charge >= 0.3 is 6.18 Å². The van der Waals surface area contributed by atoms with E-state index in [0.29, 0.717) is 49.5 Å². The Labute approximate surface area is 206 Å². The molecule has 1 aliphatic carbocycles. The summed E-state index contributed by atoms with van der Waals surface area (Å²) in [6.07, 6.45) is -0.143. The van der Waals surface area contributed by atoms with E-state index < -0.39 is 22.8 Å². The summed E-state index contributed by atoms with van der Waals surface area (Å²) in [6.45, 7) is 8.81. The van der Waals surface area contributed by atoms with Crippen LogP contribution in [0.1, 0.15) is 70.4 Å². The number of amides is 1. The highest BCUT2D eigenvalue weighted by Gasteiger charge is 2.50. The van der Waals surface area contributed by atoms with Crippen molar-refractivity contribution in [1.82, 2.24) is 10.2 Å². The summed E-state index contributed by atoms with van der Waals surface area (Å²) in [6, 6.07) is 5.48. The van der Waals surface area contributed by atoms with Crippen LogP contribution in [-0.4, -0.2) is 54.3 Å².